The molecule has 0 bridgehead atoms. The van der Waals surface area contributed by atoms with Gasteiger partial charge in [0.25, 0.3) is 5.91 Å². The van der Waals surface area contributed by atoms with Crippen molar-refractivity contribution in [1.29, 1.82) is 0 Å². The number of hydrogen-bond acceptors (Lipinski definition) is 5. The van der Waals surface area contributed by atoms with Crippen molar-refractivity contribution in [3.63, 3.8) is 0 Å². The lowest BCUT2D eigenvalue weighted by molar-refractivity contribution is 0.0693. The average molecular weight is 455 g/mol. The molecule has 4 aromatic rings. The Hall–Kier alpha value is -4.06. The van der Waals surface area contributed by atoms with E-state index in [0.29, 0.717) is 41.5 Å². The fourth-order valence-corrected chi connectivity index (χ4v) is 4.72. The summed E-state index contributed by atoms with van der Waals surface area (Å²) >= 11 is 0. The Morgan fingerprint density at radius 1 is 0.971 bits per heavy atom. The van der Waals surface area contributed by atoms with E-state index in [-0.39, 0.29) is 11.9 Å². The van der Waals surface area contributed by atoms with Gasteiger partial charge in [0, 0.05) is 12.1 Å². The Bertz CT molecular complexity index is 1320. The van der Waals surface area contributed by atoms with Gasteiger partial charge in [-0.05, 0) is 42.2 Å². The van der Waals surface area contributed by atoms with Crippen molar-refractivity contribution in [1.82, 2.24) is 10.1 Å². The summed E-state index contributed by atoms with van der Waals surface area (Å²) in [5.74, 6) is 1.73. The molecule has 3 aromatic carbocycles. The first-order chi connectivity index (χ1) is 16.6. The van der Waals surface area contributed by atoms with E-state index in [1.165, 1.54) is 0 Å². The van der Waals surface area contributed by atoms with E-state index >= 15 is 0 Å². The van der Waals surface area contributed by atoms with Crippen molar-refractivity contribution in [2.75, 3.05) is 20.8 Å². The molecule has 1 atom stereocenters. The fourth-order valence-electron chi connectivity index (χ4n) is 4.72. The van der Waals surface area contributed by atoms with Crippen LogP contribution in [0.15, 0.2) is 77.3 Å². The SMILES string of the molecule is COc1cc2c(cc1OC)[C@H](c1ccccc1)N(C(=O)c1c(-c3ccccc3)noc1C)CC2. The maximum absolute atomic E-state index is 14.1. The van der Waals surface area contributed by atoms with E-state index in [2.05, 4.69) is 17.3 Å². The van der Waals surface area contributed by atoms with E-state index in [1.807, 2.05) is 65.6 Å². The van der Waals surface area contributed by atoms with Gasteiger partial charge in [-0.3, -0.25) is 4.79 Å². The van der Waals surface area contributed by atoms with Gasteiger partial charge in [0.15, 0.2) is 11.5 Å². The van der Waals surface area contributed by atoms with Crippen LogP contribution in [0.3, 0.4) is 0 Å². The van der Waals surface area contributed by atoms with Gasteiger partial charge in [-0.25, -0.2) is 0 Å². The summed E-state index contributed by atoms with van der Waals surface area (Å²) in [5.41, 5.74) is 5.10. The molecule has 6 nitrogen and oxygen atoms in total. The molecule has 0 aliphatic carbocycles. The quantitative estimate of drug-likeness (QED) is 0.401. The first-order valence-electron chi connectivity index (χ1n) is 11.2. The monoisotopic (exact) mass is 454 g/mol. The molecule has 1 aromatic heterocycles. The molecule has 1 amide bonds. The van der Waals surface area contributed by atoms with Gasteiger partial charge in [-0.2, -0.15) is 0 Å². The second-order valence-corrected chi connectivity index (χ2v) is 8.30. The predicted octanol–water partition coefficient (Wildman–Crippen LogP) is 5.46. The number of aromatic nitrogens is 1. The third-order valence-corrected chi connectivity index (χ3v) is 6.37. The highest BCUT2D eigenvalue weighted by molar-refractivity contribution is 6.01. The lowest BCUT2D eigenvalue weighted by Crippen LogP contribution is -2.41. The van der Waals surface area contributed by atoms with Gasteiger partial charge in [-0.15, -0.1) is 0 Å². The molecule has 0 unspecified atom stereocenters. The number of benzene rings is 3. The van der Waals surface area contributed by atoms with Gasteiger partial charge in [0.1, 0.15) is 17.0 Å². The van der Waals surface area contributed by atoms with E-state index < -0.39 is 0 Å². The highest BCUT2D eigenvalue weighted by Crippen LogP contribution is 2.42. The molecule has 5 rings (SSSR count). The van der Waals surface area contributed by atoms with Crippen LogP contribution in [-0.4, -0.2) is 36.7 Å². The molecule has 6 heteroatoms. The molecule has 0 fully saturated rings. The van der Waals surface area contributed by atoms with E-state index in [1.54, 1.807) is 21.1 Å². The topological polar surface area (TPSA) is 64.8 Å². The first kappa shape index (κ1) is 21.8. The number of rotatable bonds is 5. The number of carbonyl (C=O) groups is 1. The number of ether oxygens (including phenoxy) is 2. The maximum atomic E-state index is 14.1. The van der Waals surface area contributed by atoms with Crippen molar-refractivity contribution in [2.24, 2.45) is 0 Å². The Morgan fingerprint density at radius 2 is 1.62 bits per heavy atom. The van der Waals surface area contributed by atoms with Gasteiger partial charge < -0.3 is 18.9 Å². The highest BCUT2D eigenvalue weighted by atomic mass is 16.5. The maximum Gasteiger partial charge on any atom is 0.260 e. The third-order valence-electron chi connectivity index (χ3n) is 6.37. The molecule has 0 saturated carbocycles. The van der Waals surface area contributed by atoms with Gasteiger partial charge >= 0.3 is 0 Å². The number of carbonyl (C=O) groups excluding carboxylic acids is 1. The predicted molar refractivity (Wildman–Crippen MR) is 129 cm³/mol. The first-order valence-corrected chi connectivity index (χ1v) is 11.2. The summed E-state index contributed by atoms with van der Waals surface area (Å²) in [7, 11) is 3.26. The molecule has 172 valence electrons. The number of nitrogens with zero attached hydrogens (tertiary/aromatic N) is 2. The molecule has 0 saturated heterocycles. The standard InChI is InChI=1S/C28H26N2O4/c1-18-25(26(29-34-18)19-10-6-4-7-11-19)28(31)30-15-14-21-16-23(32-2)24(33-3)17-22(21)27(30)20-12-8-5-9-13-20/h4-13,16-17,27H,14-15H2,1-3H3/t27-/m0/s1. The molecule has 0 spiro atoms. The smallest absolute Gasteiger partial charge is 0.260 e. The summed E-state index contributed by atoms with van der Waals surface area (Å²) in [4.78, 5) is 16.0. The summed E-state index contributed by atoms with van der Waals surface area (Å²) in [5, 5.41) is 4.24. The molecule has 1 aliphatic rings. The summed E-state index contributed by atoms with van der Waals surface area (Å²) in [6, 6.07) is 23.5. The van der Waals surface area contributed by atoms with E-state index in [9.17, 15) is 4.79 Å². The van der Waals surface area contributed by atoms with Crippen LogP contribution in [0.4, 0.5) is 0 Å². The van der Waals surface area contributed by atoms with E-state index in [0.717, 1.165) is 22.3 Å². The molecule has 34 heavy (non-hydrogen) atoms. The Morgan fingerprint density at radius 3 is 2.29 bits per heavy atom. The van der Waals surface area contributed by atoms with Crippen LogP contribution in [0.2, 0.25) is 0 Å². The zero-order chi connectivity index (χ0) is 23.7. The normalized spacial score (nSPS) is 15.0. The van der Waals surface area contributed by atoms with Crippen LogP contribution in [0.1, 0.15) is 38.9 Å². The zero-order valence-electron chi connectivity index (χ0n) is 19.4. The Kier molecular flexibility index (Phi) is 5.80. The highest BCUT2D eigenvalue weighted by Gasteiger charge is 2.36. The second kappa shape index (κ2) is 9.06. The summed E-state index contributed by atoms with van der Waals surface area (Å²) in [6.07, 6.45) is 0.704. The van der Waals surface area contributed by atoms with Crippen LogP contribution < -0.4 is 9.47 Å². The fraction of sp³-hybridized carbons (Fsp3) is 0.214. The van der Waals surface area contributed by atoms with Crippen molar-refractivity contribution in [3.8, 4) is 22.8 Å². The summed E-state index contributed by atoms with van der Waals surface area (Å²) in [6.45, 7) is 2.34. The third kappa shape index (κ3) is 3.71. The minimum Gasteiger partial charge on any atom is -0.493 e. The van der Waals surface area contributed by atoms with Crippen LogP contribution in [0.5, 0.6) is 11.5 Å². The van der Waals surface area contributed by atoms with Crippen molar-refractivity contribution >= 4 is 5.91 Å². The molecular weight excluding hydrogens is 428 g/mol. The molecular formula is C28H26N2O4. The number of methoxy groups -OCH3 is 2. The average Bonchev–Trinajstić information content (AvgIpc) is 3.28. The molecule has 2 heterocycles. The minimum absolute atomic E-state index is 0.105. The minimum atomic E-state index is -0.282. The molecule has 0 N–H and O–H groups in total. The number of amides is 1. The number of hydrogen-bond donors (Lipinski definition) is 0. The van der Waals surface area contributed by atoms with Crippen molar-refractivity contribution in [2.45, 2.75) is 19.4 Å². The van der Waals surface area contributed by atoms with Crippen molar-refractivity contribution < 1.29 is 18.8 Å². The van der Waals surface area contributed by atoms with E-state index in [4.69, 9.17) is 14.0 Å². The lowest BCUT2D eigenvalue weighted by Gasteiger charge is -2.38. The zero-order valence-corrected chi connectivity index (χ0v) is 19.4. The van der Waals surface area contributed by atoms with Crippen LogP contribution >= 0.6 is 0 Å². The molecule has 0 radical (unpaired) electrons. The number of aryl methyl sites for hydroxylation is 1. The van der Waals surface area contributed by atoms with Gasteiger partial charge in [0.05, 0.1) is 20.3 Å². The largest absolute Gasteiger partial charge is 0.493 e. The van der Waals surface area contributed by atoms with Crippen LogP contribution in [-0.2, 0) is 6.42 Å². The lowest BCUT2D eigenvalue weighted by atomic mass is 9.87. The van der Waals surface area contributed by atoms with Gasteiger partial charge in [-0.1, -0.05) is 65.8 Å². The molecule has 1 aliphatic heterocycles. The van der Waals surface area contributed by atoms with Crippen LogP contribution in [0, 0.1) is 6.92 Å². The second-order valence-electron chi connectivity index (χ2n) is 8.30. The Labute approximate surface area is 198 Å². The van der Waals surface area contributed by atoms with Crippen molar-refractivity contribution in [3.05, 3.63) is 101 Å². The summed E-state index contributed by atoms with van der Waals surface area (Å²) < 4.78 is 16.6. The number of fused-ring (bicyclic) bond motifs is 1. The van der Waals surface area contributed by atoms with Gasteiger partial charge in [0.2, 0.25) is 0 Å². The Balaban J connectivity index is 1.64. The van der Waals surface area contributed by atoms with Crippen LogP contribution in [0.25, 0.3) is 11.3 Å².